The summed E-state index contributed by atoms with van der Waals surface area (Å²) >= 11 is 0. The van der Waals surface area contributed by atoms with Gasteiger partial charge in [-0.1, -0.05) is 18.2 Å². The molecule has 9 heteroatoms. The molecule has 1 aromatic heterocycles. The third kappa shape index (κ3) is 5.52. The number of rotatable bonds is 5. The SMILES string of the molecule is CN=C(NCc1ccccc1-n1ccnc1)NC1CCN(c2ccc(F)cc2F)C1.I. The average molecular weight is 538 g/mol. The smallest absolute Gasteiger partial charge is 0.191 e. The second kappa shape index (κ2) is 10.6. The summed E-state index contributed by atoms with van der Waals surface area (Å²) in [6.45, 7) is 1.91. The zero-order valence-electron chi connectivity index (χ0n) is 17.1. The largest absolute Gasteiger partial charge is 0.367 e. The Labute approximate surface area is 197 Å². The molecule has 1 unspecified atom stereocenters. The van der Waals surface area contributed by atoms with Gasteiger partial charge in [0.25, 0.3) is 0 Å². The van der Waals surface area contributed by atoms with Crippen LogP contribution in [0.25, 0.3) is 5.69 Å². The van der Waals surface area contributed by atoms with Gasteiger partial charge >= 0.3 is 0 Å². The minimum Gasteiger partial charge on any atom is -0.367 e. The van der Waals surface area contributed by atoms with E-state index in [9.17, 15) is 8.78 Å². The van der Waals surface area contributed by atoms with E-state index in [0.29, 0.717) is 31.3 Å². The third-order valence-electron chi connectivity index (χ3n) is 5.22. The van der Waals surface area contributed by atoms with E-state index in [2.05, 4.69) is 26.7 Å². The minimum absolute atomic E-state index is 0. The predicted molar refractivity (Wildman–Crippen MR) is 129 cm³/mol. The number of para-hydroxylation sites is 1. The van der Waals surface area contributed by atoms with Crippen LogP contribution in [0.1, 0.15) is 12.0 Å². The molecule has 2 aromatic carbocycles. The molecule has 0 bridgehead atoms. The molecule has 0 amide bonds. The van der Waals surface area contributed by atoms with Gasteiger partial charge in [0.05, 0.1) is 17.7 Å². The summed E-state index contributed by atoms with van der Waals surface area (Å²) < 4.78 is 29.2. The fraction of sp³-hybridized carbons (Fsp3) is 0.273. The van der Waals surface area contributed by atoms with Crippen molar-refractivity contribution < 1.29 is 8.78 Å². The number of halogens is 3. The van der Waals surface area contributed by atoms with Crippen molar-refractivity contribution >= 4 is 35.6 Å². The Morgan fingerprint density at radius 1 is 1.19 bits per heavy atom. The van der Waals surface area contributed by atoms with Crippen LogP contribution in [0.3, 0.4) is 0 Å². The molecule has 1 fully saturated rings. The van der Waals surface area contributed by atoms with Crippen LogP contribution in [0.4, 0.5) is 14.5 Å². The number of anilines is 1. The Kier molecular flexibility index (Phi) is 7.83. The van der Waals surface area contributed by atoms with E-state index >= 15 is 0 Å². The van der Waals surface area contributed by atoms with E-state index < -0.39 is 11.6 Å². The van der Waals surface area contributed by atoms with Crippen LogP contribution >= 0.6 is 24.0 Å². The van der Waals surface area contributed by atoms with Gasteiger partial charge in [-0.25, -0.2) is 13.8 Å². The first-order chi connectivity index (χ1) is 14.6. The van der Waals surface area contributed by atoms with Gasteiger partial charge < -0.3 is 20.1 Å². The van der Waals surface area contributed by atoms with Crippen LogP contribution in [0.15, 0.2) is 66.2 Å². The maximum absolute atomic E-state index is 14.1. The van der Waals surface area contributed by atoms with Gasteiger partial charge in [0.15, 0.2) is 5.96 Å². The lowest BCUT2D eigenvalue weighted by Crippen LogP contribution is -2.44. The second-order valence-electron chi connectivity index (χ2n) is 7.20. The fourth-order valence-corrected chi connectivity index (χ4v) is 3.72. The molecule has 1 aliphatic heterocycles. The molecule has 0 radical (unpaired) electrons. The fourth-order valence-electron chi connectivity index (χ4n) is 3.72. The summed E-state index contributed by atoms with van der Waals surface area (Å²) in [7, 11) is 1.73. The van der Waals surface area contributed by atoms with Crippen molar-refractivity contribution in [1.29, 1.82) is 0 Å². The van der Waals surface area contributed by atoms with Gasteiger partial charge in [-0.05, 0) is 30.2 Å². The van der Waals surface area contributed by atoms with Gasteiger partial charge in [-0.15, -0.1) is 24.0 Å². The number of imidazole rings is 1. The molecule has 1 saturated heterocycles. The molecule has 1 atom stereocenters. The van der Waals surface area contributed by atoms with Crippen LogP contribution in [-0.2, 0) is 6.54 Å². The van der Waals surface area contributed by atoms with Crippen molar-refractivity contribution in [2.24, 2.45) is 4.99 Å². The maximum atomic E-state index is 14.1. The summed E-state index contributed by atoms with van der Waals surface area (Å²) in [5, 5.41) is 6.75. The topological polar surface area (TPSA) is 57.5 Å². The quantitative estimate of drug-likeness (QED) is 0.296. The van der Waals surface area contributed by atoms with Crippen LogP contribution in [0, 0.1) is 11.6 Å². The highest BCUT2D eigenvalue weighted by molar-refractivity contribution is 14.0. The number of nitrogens with zero attached hydrogens (tertiary/aromatic N) is 4. The van der Waals surface area contributed by atoms with Crippen molar-refractivity contribution in [3.05, 3.63) is 78.4 Å². The molecule has 0 aliphatic carbocycles. The Morgan fingerprint density at radius 2 is 2.03 bits per heavy atom. The predicted octanol–water partition coefficient (Wildman–Crippen LogP) is 3.71. The molecule has 164 valence electrons. The highest BCUT2D eigenvalue weighted by atomic mass is 127. The first-order valence-electron chi connectivity index (χ1n) is 9.87. The number of nitrogens with one attached hydrogen (secondary N) is 2. The zero-order chi connectivity index (χ0) is 20.9. The highest BCUT2D eigenvalue weighted by Crippen LogP contribution is 2.24. The third-order valence-corrected chi connectivity index (χ3v) is 5.22. The Balaban J connectivity index is 0.00000272. The molecule has 0 spiro atoms. The molecular formula is C22H25F2IN6. The summed E-state index contributed by atoms with van der Waals surface area (Å²) in [5.74, 6) is -0.415. The summed E-state index contributed by atoms with van der Waals surface area (Å²) in [6.07, 6.45) is 6.27. The maximum Gasteiger partial charge on any atom is 0.191 e. The zero-order valence-corrected chi connectivity index (χ0v) is 19.5. The molecule has 1 aliphatic rings. The molecule has 6 nitrogen and oxygen atoms in total. The standard InChI is InChI=1S/C22H24F2N6.HI/c1-25-22(27-13-16-4-2-3-5-20(16)30-11-9-26-15-30)28-18-8-10-29(14-18)21-7-6-17(23)12-19(21)24;/h2-7,9,11-12,15,18H,8,10,13-14H2,1H3,(H2,25,27,28);1H. The van der Waals surface area contributed by atoms with Crippen LogP contribution in [0.5, 0.6) is 0 Å². The number of aliphatic imine (C=N–C) groups is 1. The highest BCUT2D eigenvalue weighted by Gasteiger charge is 2.25. The van der Waals surface area contributed by atoms with Crippen LogP contribution in [0.2, 0.25) is 0 Å². The van der Waals surface area contributed by atoms with Crippen molar-refractivity contribution in [2.45, 2.75) is 19.0 Å². The monoisotopic (exact) mass is 538 g/mol. The van der Waals surface area contributed by atoms with E-state index in [-0.39, 0.29) is 30.0 Å². The average Bonchev–Trinajstić information content (AvgIpc) is 3.44. The van der Waals surface area contributed by atoms with E-state index in [1.54, 1.807) is 19.6 Å². The number of benzene rings is 2. The van der Waals surface area contributed by atoms with Crippen LogP contribution in [-0.4, -0.2) is 41.7 Å². The first kappa shape index (κ1) is 23.0. The molecule has 2 heterocycles. The molecule has 4 rings (SSSR count). The van der Waals surface area contributed by atoms with Crippen molar-refractivity contribution in [3.63, 3.8) is 0 Å². The molecule has 2 N–H and O–H groups in total. The van der Waals surface area contributed by atoms with Crippen molar-refractivity contribution in [1.82, 2.24) is 20.2 Å². The first-order valence-corrected chi connectivity index (χ1v) is 9.87. The number of aromatic nitrogens is 2. The molecule has 3 aromatic rings. The number of hydrogen-bond acceptors (Lipinski definition) is 3. The van der Waals surface area contributed by atoms with E-state index in [4.69, 9.17) is 0 Å². The number of hydrogen-bond donors (Lipinski definition) is 2. The van der Waals surface area contributed by atoms with Gasteiger partial charge in [-0.3, -0.25) is 4.99 Å². The van der Waals surface area contributed by atoms with E-state index in [1.165, 1.54) is 12.1 Å². The molecular weight excluding hydrogens is 513 g/mol. The van der Waals surface area contributed by atoms with E-state index in [1.807, 2.05) is 33.9 Å². The lowest BCUT2D eigenvalue weighted by atomic mass is 10.1. The lowest BCUT2D eigenvalue weighted by Gasteiger charge is -2.21. The van der Waals surface area contributed by atoms with Gasteiger partial charge in [-0.2, -0.15) is 0 Å². The second-order valence-corrected chi connectivity index (χ2v) is 7.20. The van der Waals surface area contributed by atoms with Crippen molar-refractivity contribution in [2.75, 3.05) is 25.0 Å². The van der Waals surface area contributed by atoms with Gasteiger partial charge in [0.1, 0.15) is 11.6 Å². The van der Waals surface area contributed by atoms with Crippen molar-refractivity contribution in [3.8, 4) is 5.69 Å². The Bertz CT molecular complexity index is 1020. The normalized spacial score (nSPS) is 16.2. The Hall–Kier alpha value is -2.69. The van der Waals surface area contributed by atoms with E-state index in [0.717, 1.165) is 23.7 Å². The Morgan fingerprint density at radius 3 is 2.77 bits per heavy atom. The van der Waals surface area contributed by atoms with Gasteiger partial charge in [0, 0.05) is 51.2 Å². The van der Waals surface area contributed by atoms with Crippen LogP contribution < -0.4 is 15.5 Å². The molecule has 31 heavy (non-hydrogen) atoms. The summed E-state index contributed by atoms with van der Waals surface area (Å²) in [4.78, 5) is 10.4. The minimum atomic E-state index is -0.564. The number of guanidine groups is 1. The lowest BCUT2D eigenvalue weighted by molar-refractivity contribution is 0.580. The summed E-state index contributed by atoms with van der Waals surface area (Å²) in [6, 6.07) is 11.9. The summed E-state index contributed by atoms with van der Waals surface area (Å²) in [5.41, 5.74) is 2.59. The molecule has 0 saturated carbocycles. The van der Waals surface area contributed by atoms with Gasteiger partial charge in [0.2, 0.25) is 0 Å².